The average Bonchev–Trinajstić information content (AvgIpc) is 2.77. The first-order chi connectivity index (χ1) is 7.74. The number of anilines is 1. The molecular formula is C10H10ClN3OS. The number of nitrogen functional groups attached to an aromatic ring is 1. The predicted octanol–water partition coefficient (Wildman–Crippen LogP) is 2.76. The lowest BCUT2D eigenvalue weighted by atomic mass is 10.2. The van der Waals surface area contributed by atoms with Crippen molar-refractivity contribution < 1.29 is 4.74 Å². The molecule has 1 aromatic carbocycles. The number of hydrogen-bond acceptors (Lipinski definition) is 5. The van der Waals surface area contributed by atoms with Crippen LogP contribution in [0.1, 0.15) is 0 Å². The van der Waals surface area contributed by atoms with Gasteiger partial charge in [-0.1, -0.05) is 11.6 Å². The summed E-state index contributed by atoms with van der Waals surface area (Å²) < 4.78 is 5.08. The maximum Gasteiger partial charge on any atom is 0.197 e. The highest BCUT2D eigenvalue weighted by Gasteiger charge is 2.08. The summed E-state index contributed by atoms with van der Waals surface area (Å²) in [4.78, 5) is 4.27. The summed E-state index contributed by atoms with van der Waals surface area (Å²) in [5, 5.41) is 3.15. The van der Waals surface area contributed by atoms with Gasteiger partial charge in [0.15, 0.2) is 5.13 Å². The second kappa shape index (κ2) is 4.69. The molecule has 2 aromatic rings. The summed E-state index contributed by atoms with van der Waals surface area (Å²) in [5.41, 5.74) is 4.16. The Balaban J connectivity index is 2.40. The number of nitrogens with zero attached hydrogens (tertiary/aromatic N) is 1. The lowest BCUT2D eigenvalue weighted by Crippen LogP contribution is -2.05. The van der Waals surface area contributed by atoms with Crippen LogP contribution < -0.4 is 16.0 Å². The van der Waals surface area contributed by atoms with Gasteiger partial charge in [0.1, 0.15) is 5.75 Å². The molecule has 16 heavy (non-hydrogen) atoms. The fourth-order valence-electron chi connectivity index (χ4n) is 1.29. The minimum atomic E-state index is 0.605. The van der Waals surface area contributed by atoms with Crippen LogP contribution >= 0.6 is 22.9 Å². The first-order valence-corrected chi connectivity index (χ1v) is 5.76. The molecule has 0 saturated heterocycles. The highest BCUT2D eigenvalue weighted by Crippen LogP contribution is 2.32. The molecule has 2 rings (SSSR count). The molecule has 84 valence electrons. The van der Waals surface area contributed by atoms with Crippen molar-refractivity contribution in [3.63, 3.8) is 0 Å². The van der Waals surface area contributed by atoms with Crippen molar-refractivity contribution in [3.8, 4) is 17.0 Å². The molecule has 0 spiro atoms. The van der Waals surface area contributed by atoms with Crippen molar-refractivity contribution >= 4 is 28.1 Å². The molecule has 0 aliphatic rings. The van der Waals surface area contributed by atoms with Gasteiger partial charge in [-0.25, -0.2) is 10.8 Å². The second-order valence-corrected chi connectivity index (χ2v) is 4.29. The standard InChI is InChI=1S/C10H10ClN3OS/c1-15-6-2-3-7(8(11)4-6)9-5-16-10(13-9)14-12/h2-5H,12H2,1H3,(H,13,14). The van der Waals surface area contributed by atoms with Gasteiger partial charge in [0.05, 0.1) is 17.8 Å². The van der Waals surface area contributed by atoms with Crippen molar-refractivity contribution in [1.82, 2.24) is 4.98 Å². The SMILES string of the molecule is COc1ccc(-c2csc(NN)n2)c(Cl)c1. The molecule has 0 radical (unpaired) electrons. The van der Waals surface area contributed by atoms with Gasteiger partial charge in [0.2, 0.25) is 0 Å². The molecule has 4 nitrogen and oxygen atoms in total. The van der Waals surface area contributed by atoms with Crippen LogP contribution in [-0.2, 0) is 0 Å². The summed E-state index contributed by atoms with van der Waals surface area (Å²) in [6, 6.07) is 5.47. The molecule has 3 N–H and O–H groups in total. The highest BCUT2D eigenvalue weighted by molar-refractivity contribution is 7.14. The van der Waals surface area contributed by atoms with E-state index in [9.17, 15) is 0 Å². The van der Waals surface area contributed by atoms with Crippen molar-refractivity contribution in [3.05, 3.63) is 28.6 Å². The molecule has 6 heteroatoms. The van der Waals surface area contributed by atoms with E-state index < -0.39 is 0 Å². The van der Waals surface area contributed by atoms with Crippen molar-refractivity contribution in [2.45, 2.75) is 0 Å². The Kier molecular flexibility index (Phi) is 3.28. The Hall–Kier alpha value is -1.30. The fraction of sp³-hybridized carbons (Fsp3) is 0.100. The lowest BCUT2D eigenvalue weighted by Gasteiger charge is -2.03. The maximum atomic E-state index is 6.13. The Morgan fingerprint density at radius 3 is 2.88 bits per heavy atom. The number of thiazole rings is 1. The molecule has 0 aliphatic heterocycles. The van der Waals surface area contributed by atoms with Gasteiger partial charge in [0.25, 0.3) is 0 Å². The molecule has 0 unspecified atom stereocenters. The fourth-order valence-corrected chi connectivity index (χ4v) is 2.18. The number of halogens is 1. The highest BCUT2D eigenvalue weighted by atomic mass is 35.5. The predicted molar refractivity (Wildman–Crippen MR) is 66.9 cm³/mol. The van der Waals surface area contributed by atoms with Crippen LogP contribution in [0.4, 0.5) is 5.13 Å². The van der Waals surface area contributed by atoms with E-state index in [-0.39, 0.29) is 0 Å². The summed E-state index contributed by atoms with van der Waals surface area (Å²) in [6.07, 6.45) is 0. The molecule has 0 atom stereocenters. The van der Waals surface area contributed by atoms with E-state index in [0.29, 0.717) is 10.2 Å². The number of rotatable bonds is 3. The van der Waals surface area contributed by atoms with Crippen molar-refractivity contribution in [2.75, 3.05) is 12.5 Å². The number of methoxy groups -OCH3 is 1. The monoisotopic (exact) mass is 255 g/mol. The van der Waals surface area contributed by atoms with Crippen LogP contribution in [0.3, 0.4) is 0 Å². The average molecular weight is 256 g/mol. The van der Waals surface area contributed by atoms with E-state index in [1.807, 2.05) is 17.5 Å². The van der Waals surface area contributed by atoms with Gasteiger partial charge in [-0.3, -0.25) is 5.43 Å². The third-order valence-corrected chi connectivity index (χ3v) is 3.17. The summed E-state index contributed by atoms with van der Waals surface area (Å²) >= 11 is 7.55. The van der Waals surface area contributed by atoms with Gasteiger partial charge in [-0.15, -0.1) is 11.3 Å². The van der Waals surface area contributed by atoms with Crippen LogP contribution in [-0.4, -0.2) is 12.1 Å². The third kappa shape index (κ3) is 2.11. The molecule has 0 saturated carbocycles. The Morgan fingerprint density at radius 1 is 1.50 bits per heavy atom. The number of benzene rings is 1. The third-order valence-electron chi connectivity index (χ3n) is 2.08. The Morgan fingerprint density at radius 2 is 2.31 bits per heavy atom. The number of aromatic nitrogens is 1. The zero-order valence-electron chi connectivity index (χ0n) is 8.53. The van der Waals surface area contributed by atoms with E-state index in [1.54, 1.807) is 13.2 Å². The van der Waals surface area contributed by atoms with Crippen molar-refractivity contribution in [1.29, 1.82) is 0 Å². The molecule has 0 amide bonds. The zero-order valence-corrected chi connectivity index (χ0v) is 10.1. The van der Waals surface area contributed by atoms with Crippen LogP contribution in [0.5, 0.6) is 5.75 Å². The van der Waals surface area contributed by atoms with Gasteiger partial charge in [0, 0.05) is 10.9 Å². The Labute approximate surface area is 102 Å². The molecule has 1 aromatic heterocycles. The van der Waals surface area contributed by atoms with E-state index in [0.717, 1.165) is 17.0 Å². The summed E-state index contributed by atoms with van der Waals surface area (Å²) in [6.45, 7) is 0. The van der Waals surface area contributed by atoms with E-state index in [2.05, 4.69) is 10.4 Å². The molecule has 1 heterocycles. The number of hydrazine groups is 1. The van der Waals surface area contributed by atoms with Crippen LogP contribution in [0.2, 0.25) is 5.02 Å². The topological polar surface area (TPSA) is 60.2 Å². The van der Waals surface area contributed by atoms with Gasteiger partial charge >= 0.3 is 0 Å². The second-order valence-electron chi connectivity index (χ2n) is 3.03. The normalized spacial score (nSPS) is 10.2. The number of ether oxygens (including phenoxy) is 1. The Bertz CT molecular complexity index is 501. The first kappa shape index (κ1) is 11.2. The molecular weight excluding hydrogens is 246 g/mol. The molecule has 0 aliphatic carbocycles. The lowest BCUT2D eigenvalue weighted by molar-refractivity contribution is 0.415. The van der Waals surface area contributed by atoms with Gasteiger partial charge in [-0.05, 0) is 18.2 Å². The van der Waals surface area contributed by atoms with Gasteiger partial charge < -0.3 is 4.74 Å². The van der Waals surface area contributed by atoms with Crippen LogP contribution in [0.25, 0.3) is 11.3 Å². The number of nitrogens with one attached hydrogen (secondary N) is 1. The quantitative estimate of drug-likeness (QED) is 0.654. The zero-order chi connectivity index (χ0) is 11.5. The number of nitrogens with two attached hydrogens (primary N) is 1. The van der Waals surface area contributed by atoms with Gasteiger partial charge in [-0.2, -0.15) is 0 Å². The van der Waals surface area contributed by atoms with Crippen LogP contribution in [0.15, 0.2) is 23.6 Å². The maximum absolute atomic E-state index is 6.13. The number of hydrogen-bond donors (Lipinski definition) is 2. The van der Waals surface area contributed by atoms with Crippen LogP contribution in [0, 0.1) is 0 Å². The smallest absolute Gasteiger partial charge is 0.197 e. The molecule has 0 fully saturated rings. The van der Waals surface area contributed by atoms with E-state index in [1.165, 1.54) is 11.3 Å². The minimum Gasteiger partial charge on any atom is -0.497 e. The van der Waals surface area contributed by atoms with Crippen molar-refractivity contribution in [2.24, 2.45) is 5.84 Å². The summed E-state index contributed by atoms with van der Waals surface area (Å²) in [7, 11) is 1.60. The van der Waals surface area contributed by atoms with E-state index in [4.69, 9.17) is 22.2 Å². The molecule has 0 bridgehead atoms. The van der Waals surface area contributed by atoms with E-state index >= 15 is 0 Å². The largest absolute Gasteiger partial charge is 0.497 e. The first-order valence-electron chi connectivity index (χ1n) is 4.50. The minimum absolute atomic E-state index is 0.605. The summed E-state index contributed by atoms with van der Waals surface area (Å²) in [5.74, 6) is 5.99.